The Morgan fingerprint density at radius 2 is 2.36 bits per heavy atom. The first kappa shape index (κ1) is 8.34. The van der Waals surface area contributed by atoms with Gasteiger partial charge in [0.25, 0.3) is 0 Å². The zero-order chi connectivity index (χ0) is 8.10. The zero-order valence-electron chi connectivity index (χ0n) is 7.30. The molecular formula is C9H16N2. The zero-order valence-corrected chi connectivity index (χ0v) is 7.30. The lowest BCUT2D eigenvalue weighted by Gasteiger charge is -2.05. The molecule has 1 aromatic rings. The number of nitrogens with one attached hydrogen (secondary N) is 1. The van der Waals surface area contributed by atoms with Gasteiger partial charge < -0.3 is 9.88 Å². The van der Waals surface area contributed by atoms with Gasteiger partial charge in [-0.2, -0.15) is 0 Å². The summed E-state index contributed by atoms with van der Waals surface area (Å²) in [5.41, 5.74) is 1.34. The summed E-state index contributed by atoms with van der Waals surface area (Å²) < 4.78 is 2.25. The molecule has 11 heavy (non-hydrogen) atoms. The molecule has 0 saturated heterocycles. The lowest BCUT2D eigenvalue weighted by Crippen LogP contribution is -2.19. The first-order valence-corrected chi connectivity index (χ1v) is 4.17. The van der Waals surface area contributed by atoms with Crippen LogP contribution in [0.3, 0.4) is 0 Å². The molecule has 0 unspecified atom stereocenters. The second-order valence-electron chi connectivity index (χ2n) is 2.70. The van der Waals surface area contributed by atoms with Crippen LogP contribution in [0.25, 0.3) is 0 Å². The van der Waals surface area contributed by atoms with Crippen molar-refractivity contribution in [3.8, 4) is 0 Å². The van der Waals surface area contributed by atoms with Crippen molar-refractivity contribution in [1.29, 1.82) is 0 Å². The molecule has 2 nitrogen and oxygen atoms in total. The molecule has 2 heteroatoms. The van der Waals surface area contributed by atoms with Crippen LogP contribution < -0.4 is 5.32 Å². The summed E-state index contributed by atoms with van der Waals surface area (Å²) in [7, 11) is 0. The average Bonchev–Trinajstić information content (AvgIpc) is 2.37. The van der Waals surface area contributed by atoms with Gasteiger partial charge >= 0.3 is 0 Å². The second-order valence-corrected chi connectivity index (χ2v) is 2.70. The van der Waals surface area contributed by atoms with Crippen LogP contribution in [-0.4, -0.2) is 17.7 Å². The maximum atomic E-state index is 3.29. The second kappa shape index (κ2) is 4.19. The third-order valence-corrected chi connectivity index (χ3v) is 1.84. The maximum Gasteiger partial charge on any atom is 0.0347 e. The van der Waals surface area contributed by atoms with Gasteiger partial charge in [0.15, 0.2) is 0 Å². The van der Waals surface area contributed by atoms with Crippen molar-refractivity contribution in [3.05, 3.63) is 24.0 Å². The monoisotopic (exact) mass is 152 g/mol. The molecule has 1 N–H and O–H groups in total. The SMILES string of the molecule is CCNCCn1cccc1C. The lowest BCUT2D eigenvalue weighted by molar-refractivity contribution is 0.606. The van der Waals surface area contributed by atoms with E-state index in [0.717, 1.165) is 19.6 Å². The molecule has 0 aliphatic heterocycles. The van der Waals surface area contributed by atoms with Gasteiger partial charge in [0, 0.05) is 25.0 Å². The van der Waals surface area contributed by atoms with E-state index in [2.05, 4.69) is 42.1 Å². The summed E-state index contributed by atoms with van der Waals surface area (Å²) in [5.74, 6) is 0. The topological polar surface area (TPSA) is 17.0 Å². The van der Waals surface area contributed by atoms with Crippen LogP contribution in [0, 0.1) is 6.92 Å². The van der Waals surface area contributed by atoms with Crippen LogP contribution >= 0.6 is 0 Å². The van der Waals surface area contributed by atoms with Crippen molar-refractivity contribution < 1.29 is 0 Å². The highest BCUT2D eigenvalue weighted by Gasteiger charge is 1.92. The fraction of sp³-hybridized carbons (Fsp3) is 0.556. The quantitative estimate of drug-likeness (QED) is 0.645. The van der Waals surface area contributed by atoms with E-state index in [-0.39, 0.29) is 0 Å². The molecule has 0 bridgehead atoms. The highest BCUT2D eigenvalue weighted by atomic mass is 15.0. The molecule has 0 spiro atoms. The van der Waals surface area contributed by atoms with E-state index in [1.807, 2.05) is 0 Å². The first-order valence-electron chi connectivity index (χ1n) is 4.17. The Kier molecular flexibility index (Phi) is 3.17. The number of rotatable bonds is 4. The van der Waals surface area contributed by atoms with E-state index in [0.29, 0.717) is 0 Å². The standard InChI is InChI=1S/C9H16N2/c1-3-10-6-8-11-7-4-5-9(11)2/h4-5,7,10H,3,6,8H2,1-2H3. The van der Waals surface area contributed by atoms with Gasteiger partial charge in [0.2, 0.25) is 0 Å². The fourth-order valence-electron chi connectivity index (χ4n) is 1.13. The molecule has 1 aromatic heterocycles. The Hall–Kier alpha value is -0.760. The maximum absolute atomic E-state index is 3.29. The van der Waals surface area contributed by atoms with E-state index in [1.54, 1.807) is 0 Å². The van der Waals surface area contributed by atoms with Crippen molar-refractivity contribution in [2.45, 2.75) is 20.4 Å². The van der Waals surface area contributed by atoms with Crippen molar-refractivity contribution in [3.63, 3.8) is 0 Å². The summed E-state index contributed by atoms with van der Waals surface area (Å²) in [5, 5.41) is 3.29. The van der Waals surface area contributed by atoms with Gasteiger partial charge in [-0.05, 0) is 25.6 Å². The molecule has 0 aliphatic rings. The molecule has 0 aliphatic carbocycles. The number of aromatic nitrogens is 1. The summed E-state index contributed by atoms with van der Waals surface area (Å²) in [6.07, 6.45) is 2.12. The summed E-state index contributed by atoms with van der Waals surface area (Å²) in [6.45, 7) is 7.45. The Morgan fingerprint density at radius 3 is 2.91 bits per heavy atom. The van der Waals surface area contributed by atoms with Gasteiger partial charge in [-0.15, -0.1) is 0 Å². The number of hydrogen-bond acceptors (Lipinski definition) is 1. The normalized spacial score (nSPS) is 10.4. The van der Waals surface area contributed by atoms with Crippen LogP contribution in [0.1, 0.15) is 12.6 Å². The number of hydrogen-bond donors (Lipinski definition) is 1. The van der Waals surface area contributed by atoms with E-state index < -0.39 is 0 Å². The molecule has 0 amide bonds. The van der Waals surface area contributed by atoms with Crippen LogP contribution in [0.5, 0.6) is 0 Å². The number of aryl methyl sites for hydroxylation is 1. The highest BCUT2D eigenvalue weighted by molar-refractivity contribution is 5.04. The predicted molar refractivity (Wildman–Crippen MR) is 47.7 cm³/mol. The smallest absolute Gasteiger partial charge is 0.0347 e. The van der Waals surface area contributed by atoms with Gasteiger partial charge in [0.05, 0.1) is 0 Å². The van der Waals surface area contributed by atoms with Crippen LogP contribution in [0.4, 0.5) is 0 Å². The molecule has 1 heterocycles. The molecule has 62 valence electrons. The minimum Gasteiger partial charge on any atom is -0.350 e. The third kappa shape index (κ3) is 2.39. The van der Waals surface area contributed by atoms with Gasteiger partial charge in [-0.1, -0.05) is 6.92 Å². The van der Waals surface area contributed by atoms with Crippen LogP contribution in [0.2, 0.25) is 0 Å². The molecule has 0 radical (unpaired) electrons. The van der Waals surface area contributed by atoms with E-state index in [4.69, 9.17) is 0 Å². The van der Waals surface area contributed by atoms with Crippen molar-refractivity contribution >= 4 is 0 Å². The van der Waals surface area contributed by atoms with Crippen molar-refractivity contribution in [1.82, 2.24) is 9.88 Å². The van der Waals surface area contributed by atoms with Crippen LogP contribution in [0.15, 0.2) is 18.3 Å². The minimum absolute atomic E-state index is 1.06. The van der Waals surface area contributed by atoms with Crippen LogP contribution in [-0.2, 0) is 6.54 Å². The van der Waals surface area contributed by atoms with Crippen molar-refractivity contribution in [2.24, 2.45) is 0 Å². The van der Waals surface area contributed by atoms with E-state index >= 15 is 0 Å². The number of likely N-dealkylation sites (N-methyl/N-ethyl adjacent to an activating group) is 1. The average molecular weight is 152 g/mol. The highest BCUT2D eigenvalue weighted by Crippen LogP contribution is 1.97. The largest absolute Gasteiger partial charge is 0.350 e. The Morgan fingerprint density at radius 1 is 1.55 bits per heavy atom. The lowest BCUT2D eigenvalue weighted by atomic mass is 10.5. The Labute approximate surface area is 68.2 Å². The molecule has 1 rings (SSSR count). The third-order valence-electron chi connectivity index (χ3n) is 1.84. The molecular weight excluding hydrogens is 136 g/mol. The summed E-state index contributed by atoms with van der Waals surface area (Å²) in [4.78, 5) is 0. The molecule has 0 saturated carbocycles. The van der Waals surface area contributed by atoms with Gasteiger partial charge in [0.1, 0.15) is 0 Å². The van der Waals surface area contributed by atoms with E-state index in [9.17, 15) is 0 Å². The summed E-state index contributed by atoms with van der Waals surface area (Å²) in [6, 6.07) is 4.22. The van der Waals surface area contributed by atoms with Crippen molar-refractivity contribution in [2.75, 3.05) is 13.1 Å². The molecule has 0 fully saturated rings. The Bertz CT molecular complexity index is 203. The Balaban J connectivity index is 2.32. The van der Waals surface area contributed by atoms with Gasteiger partial charge in [-0.3, -0.25) is 0 Å². The fourth-order valence-corrected chi connectivity index (χ4v) is 1.13. The van der Waals surface area contributed by atoms with E-state index in [1.165, 1.54) is 5.69 Å². The first-order chi connectivity index (χ1) is 5.34. The summed E-state index contributed by atoms with van der Waals surface area (Å²) >= 11 is 0. The molecule has 0 atom stereocenters. The minimum atomic E-state index is 1.06. The predicted octanol–water partition coefficient (Wildman–Crippen LogP) is 1.41. The van der Waals surface area contributed by atoms with Gasteiger partial charge in [-0.25, -0.2) is 0 Å². The molecule has 0 aromatic carbocycles. The number of nitrogens with zero attached hydrogens (tertiary/aromatic N) is 1.